The molecule has 0 radical (unpaired) electrons. The fourth-order valence-electron chi connectivity index (χ4n) is 1.11. The van der Waals surface area contributed by atoms with Gasteiger partial charge in [-0.05, 0) is 50.5 Å². The first-order valence-corrected chi connectivity index (χ1v) is 7.85. The molecule has 0 bridgehead atoms. The van der Waals surface area contributed by atoms with Crippen LogP contribution in [0.3, 0.4) is 0 Å². The highest BCUT2D eigenvalue weighted by atomic mass is 32.3. The van der Waals surface area contributed by atoms with Crippen LogP contribution in [0.4, 0.5) is 0 Å². The summed E-state index contributed by atoms with van der Waals surface area (Å²) >= 11 is 0. The Morgan fingerprint density at radius 2 is 1.64 bits per heavy atom. The standard InChI is InChI=1S/C10H25NO2S/c1-14(2,12)10-6-5-9-13-8-4-3-7-11/h12H,3-11H2,1-2H3. The summed E-state index contributed by atoms with van der Waals surface area (Å²) in [6.45, 7) is 2.40. The van der Waals surface area contributed by atoms with Gasteiger partial charge in [-0.3, -0.25) is 0 Å². The summed E-state index contributed by atoms with van der Waals surface area (Å²) in [5.41, 5.74) is 5.36. The summed E-state index contributed by atoms with van der Waals surface area (Å²) in [4.78, 5) is 0. The van der Waals surface area contributed by atoms with Crippen molar-refractivity contribution in [1.29, 1.82) is 0 Å². The Bertz CT molecular complexity index is 126. The van der Waals surface area contributed by atoms with Crippen molar-refractivity contribution in [2.75, 3.05) is 38.0 Å². The maximum atomic E-state index is 9.52. The molecule has 88 valence electrons. The molecule has 0 saturated heterocycles. The zero-order chi connectivity index (χ0) is 10.9. The van der Waals surface area contributed by atoms with Crippen molar-refractivity contribution in [2.24, 2.45) is 5.73 Å². The van der Waals surface area contributed by atoms with Crippen LogP contribution in [0.25, 0.3) is 0 Å². The molecular formula is C10H25NO2S. The van der Waals surface area contributed by atoms with Crippen molar-refractivity contribution in [1.82, 2.24) is 0 Å². The molecule has 0 aromatic heterocycles. The summed E-state index contributed by atoms with van der Waals surface area (Å²) in [7, 11) is -1.30. The molecule has 14 heavy (non-hydrogen) atoms. The molecule has 4 heteroatoms. The first-order chi connectivity index (χ1) is 6.56. The molecule has 0 unspecified atom stereocenters. The van der Waals surface area contributed by atoms with Gasteiger partial charge in [-0.1, -0.05) is 0 Å². The van der Waals surface area contributed by atoms with Crippen LogP contribution in [-0.4, -0.2) is 42.6 Å². The minimum absolute atomic E-state index is 0.755. The van der Waals surface area contributed by atoms with Crippen LogP contribution in [0, 0.1) is 0 Å². The Hall–Kier alpha value is 0.230. The number of rotatable bonds is 9. The number of hydrogen-bond donors (Lipinski definition) is 2. The Kier molecular flexibility index (Phi) is 8.67. The maximum Gasteiger partial charge on any atom is 0.0466 e. The summed E-state index contributed by atoms with van der Waals surface area (Å²) < 4.78 is 14.9. The van der Waals surface area contributed by atoms with Gasteiger partial charge in [-0.2, -0.15) is 0 Å². The minimum atomic E-state index is -1.30. The highest BCUT2D eigenvalue weighted by Crippen LogP contribution is 2.34. The van der Waals surface area contributed by atoms with Gasteiger partial charge in [0.25, 0.3) is 0 Å². The monoisotopic (exact) mass is 223 g/mol. The van der Waals surface area contributed by atoms with E-state index in [-0.39, 0.29) is 0 Å². The van der Waals surface area contributed by atoms with E-state index in [2.05, 4.69) is 0 Å². The van der Waals surface area contributed by atoms with E-state index < -0.39 is 10.3 Å². The van der Waals surface area contributed by atoms with Gasteiger partial charge < -0.3 is 15.0 Å². The minimum Gasteiger partial charge on any atom is -0.381 e. The number of ether oxygens (including phenoxy) is 1. The molecule has 0 fully saturated rings. The fourth-order valence-corrected chi connectivity index (χ4v) is 2.02. The van der Waals surface area contributed by atoms with Crippen LogP contribution in [0.5, 0.6) is 0 Å². The summed E-state index contributed by atoms with van der Waals surface area (Å²) in [6, 6.07) is 0. The van der Waals surface area contributed by atoms with Gasteiger partial charge in [0, 0.05) is 13.2 Å². The van der Waals surface area contributed by atoms with Gasteiger partial charge in [0.1, 0.15) is 0 Å². The highest BCUT2D eigenvalue weighted by Gasteiger charge is 2.04. The van der Waals surface area contributed by atoms with Crippen molar-refractivity contribution in [3.05, 3.63) is 0 Å². The normalized spacial score (nSPS) is 13.1. The van der Waals surface area contributed by atoms with Crippen LogP contribution < -0.4 is 5.73 Å². The second kappa shape index (κ2) is 8.53. The maximum absolute atomic E-state index is 9.52. The molecule has 0 spiro atoms. The van der Waals surface area contributed by atoms with Crippen molar-refractivity contribution in [2.45, 2.75) is 25.7 Å². The third-order valence-corrected chi connectivity index (χ3v) is 3.21. The fraction of sp³-hybridized carbons (Fsp3) is 1.00. The van der Waals surface area contributed by atoms with Gasteiger partial charge in [-0.15, -0.1) is 10.3 Å². The topological polar surface area (TPSA) is 55.5 Å². The lowest BCUT2D eigenvalue weighted by atomic mass is 10.3. The Morgan fingerprint density at radius 3 is 2.14 bits per heavy atom. The molecule has 0 atom stereocenters. The van der Waals surface area contributed by atoms with E-state index in [1.165, 1.54) is 0 Å². The van der Waals surface area contributed by atoms with Gasteiger partial charge >= 0.3 is 0 Å². The number of unbranched alkanes of at least 4 members (excludes halogenated alkanes) is 2. The molecule has 0 amide bonds. The lowest BCUT2D eigenvalue weighted by molar-refractivity contribution is 0.128. The van der Waals surface area contributed by atoms with E-state index in [1.807, 2.05) is 12.5 Å². The Morgan fingerprint density at radius 1 is 1.07 bits per heavy atom. The molecule has 0 rings (SSSR count). The predicted octanol–water partition coefficient (Wildman–Crippen LogP) is 2.06. The SMILES string of the molecule is CS(C)(O)CCCCOCCCCN. The molecule has 0 saturated carbocycles. The molecule has 0 aliphatic carbocycles. The lowest BCUT2D eigenvalue weighted by Crippen LogP contribution is -2.04. The molecule has 0 aromatic rings. The van der Waals surface area contributed by atoms with Gasteiger partial charge in [0.15, 0.2) is 0 Å². The van der Waals surface area contributed by atoms with Gasteiger partial charge in [-0.25, -0.2) is 0 Å². The van der Waals surface area contributed by atoms with Crippen molar-refractivity contribution >= 4 is 10.3 Å². The van der Waals surface area contributed by atoms with E-state index >= 15 is 0 Å². The van der Waals surface area contributed by atoms with E-state index in [9.17, 15) is 4.55 Å². The van der Waals surface area contributed by atoms with Crippen LogP contribution in [0.2, 0.25) is 0 Å². The number of hydrogen-bond acceptors (Lipinski definition) is 3. The van der Waals surface area contributed by atoms with Crippen molar-refractivity contribution in [3.8, 4) is 0 Å². The lowest BCUT2D eigenvalue weighted by Gasteiger charge is -2.22. The Labute approximate surface area is 89.5 Å². The first-order valence-electron chi connectivity index (χ1n) is 5.27. The Balaban J connectivity index is 2.99. The quantitative estimate of drug-likeness (QED) is 0.588. The van der Waals surface area contributed by atoms with Crippen LogP contribution in [0.1, 0.15) is 25.7 Å². The zero-order valence-electron chi connectivity index (χ0n) is 9.50. The molecule has 0 aromatic carbocycles. The summed E-state index contributed by atoms with van der Waals surface area (Å²) in [5.74, 6) is 0.930. The summed E-state index contributed by atoms with van der Waals surface area (Å²) in [6.07, 6.45) is 8.08. The molecule has 0 heterocycles. The van der Waals surface area contributed by atoms with E-state index in [4.69, 9.17) is 10.5 Å². The van der Waals surface area contributed by atoms with Crippen LogP contribution >= 0.6 is 10.3 Å². The highest BCUT2D eigenvalue weighted by molar-refractivity contribution is 8.28. The molecule has 0 aliphatic heterocycles. The van der Waals surface area contributed by atoms with Gasteiger partial charge in [0.05, 0.1) is 0 Å². The second-order valence-corrected chi connectivity index (χ2v) is 7.37. The number of nitrogens with two attached hydrogens (primary N) is 1. The third-order valence-electron chi connectivity index (χ3n) is 1.93. The van der Waals surface area contributed by atoms with E-state index in [0.717, 1.165) is 51.2 Å². The third kappa shape index (κ3) is 12.2. The largest absolute Gasteiger partial charge is 0.381 e. The molecule has 3 N–H and O–H groups in total. The first kappa shape index (κ1) is 14.2. The zero-order valence-corrected chi connectivity index (χ0v) is 10.3. The molecular weight excluding hydrogens is 198 g/mol. The second-order valence-electron chi connectivity index (χ2n) is 4.00. The van der Waals surface area contributed by atoms with E-state index in [1.54, 1.807) is 0 Å². The average molecular weight is 223 g/mol. The molecule has 3 nitrogen and oxygen atoms in total. The molecule has 0 aliphatic rings. The van der Waals surface area contributed by atoms with Crippen molar-refractivity contribution in [3.63, 3.8) is 0 Å². The summed E-state index contributed by atoms with van der Waals surface area (Å²) in [5, 5.41) is 0. The average Bonchev–Trinajstić information content (AvgIpc) is 2.08. The van der Waals surface area contributed by atoms with Crippen molar-refractivity contribution < 1.29 is 9.29 Å². The van der Waals surface area contributed by atoms with Gasteiger partial charge in [0.2, 0.25) is 0 Å². The van der Waals surface area contributed by atoms with Crippen LogP contribution in [0.15, 0.2) is 0 Å². The van der Waals surface area contributed by atoms with Crippen LogP contribution in [-0.2, 0) is 4.74 Å². The smallest absolute Gasteiger partial charge is 0.0466 e. The predicted molar refractivity (Wildman–Crippen MR) is 65.3 cm³/mol. The van der Waals surface area contributed by atoms with E-state index in [0.29, 0.717) is 0 Å².